The molecule has 1 N–H and O–H groups in total. The van der Waals surface area contributed by atoms with Crippen molar-refractivity contribution >= 4 is 5.91 Å². The molecule has 3 atom stereocenters. The summed E-state index contributed by atoms with van der Waals surface area (Å²) in [5.74, 6) is 2.76. The summed E-state index contributed by atoms with van der Waals surface area (Å²) in [5, 5.41) is 10.2. The van der Waals surface area contributed by atoms with Crippen LogP contribution < -0.4 is 0 Å². The molecule has 0 spiro atoms. The maximum atomic E-state index is 12.2. The summed E-state index contributed by atoms with van der Waals surface area (Å²) in [7, 11) is 0. The van der Waals surface area contributed by atoms with Crippen molar-refractivity contribution in [3.8, 4) is 12.3 Å². The van der Waals surface area contributed by atoms with Gasteiger partial charge in [0.1, 0.15) is 6.23 Å². The lowest BCUT2D eigenvalue weighted by molar-refractivity contribution is -0.148. The standard InChI is InChI=1S/C23H39NO3/c1-10-20(4,5)17-21(6,7)23(9,12-3)27-16-15-22(8,11-2)24-18(25)13-14-19(24)26/h1,13-14,18,25H,11-12,15-17H2,2-9H3. The second kappa shape index (κ2) is 8.37. The zero-order valence-corrected chi connectivity index (χ0v) is 18.6. The minimum absolute atomic E-state index is 0.106. The van der Waals surface area contributed by atoms with Crippen LogP contribution in [0.2, 0.25) is 0 Å². The molecule has 1 rings (SSSR count). The number of nitrogens with zero attached hydrogens (tertiary/aromatic N) is 1. The van der Waals surface area contributed by atoms with Crippen molar-refractivity contribution in [3.05, 3.63) is 12.2 Å². The van der Waals surface area contributed by atoms with E-state index in [1.54, 1.807) is 4.90 Å². The lowest BCUT2D eigenvalue weighted by Crippen LogP contribution is -2.53. The number of hydrogen-bond acceptors (Lipinski definition) is 3. The van der Waals surface area contributed by atoms with Gasteiger partial charge in [0.15, 0.2) is 0 Å². The van der Waals surface area contributed by atoms with Gasteiger partial charge in [0, 0.05) is 23.6 Å². The maximum Gasteiger partial charge on any atom is 0.249 e. The SMILES string of the molecule is C#CC(C)(C)CC(C)(C)C(C)(CC)OCCC(C)(CC)N1C(=O)C=CC1O. The lowest BCUT2D eigenvalue weighted by Gasteiger charge is -2.47. The number of rotatable bonds is 10. The Labute approximate surface area is 166 Å². The van der Waals surface area contributed by atoms with E-state index in [0.29, 0.717) is 13.0 Å². The molecule has 4 heteroatoms. The van der Waals surface area contributed by atoms with Gasteiger partial charge in [0.25, 0.3) is 0 Å². The van der Waals surface area contributed by atoms with Gasteiger partial charge in [-0.25, -0.2) is 0 Å². The predicted octanol–water partition coefficient (Wildman–Crippen LogP) is 4.52. The van der Waals surface area contributed by atoms with Crippen LogP contribution in [-0.2, 0) is 9.53 Å². The Morgan fingerprint density at radius 1 is 1.19 bits per heavy atom. The summed E-state index contributed by atoms with van der Waals surface area (Å²) in [5.41, 5.74) is -1.08. The first-order valence-electron chi connectivity index (χ1n) is 10.1. The van der Waals surface area contributed by atoms with Gasteiger partial charge in [-0.1, -0.05) is 27.7 Å². The number of hydrogen-bond donors (Lipinski definition) is 1. The van der Waals surface area contributed by atoms with Gasteiger partial charge < -0.3 is 14.7 Å². The summed E-state index contributed by atoms with van der Waals surface area (Å²) in [6, 6.07) is 0. The topological polar surface area (TPSA) is 49.8 Å². The third-order valence-corrected chi connectivity index (χ3v) is 6.70. The van der Waals surface area contributed by atoms with Gasteiger partial charge in [0.2, 0.25) is 5.91 Å². The summed E-state index contributed by atoms with van der Waals surface area (Å²) in [6.45, 7) is 17.5. The van der Waals surface area contributed by atoms with Crippen LogP contribution in [0.4, 0.5) is 0 Å². The molecule has 0 saturated heterocycles. The maximum absolute atomic E-state index is 12.2. The first-order valence-corrected chi connectivity index (χ1v) is 10.1. The van der Waals surface area contributed by atoms with Crippen molar-refractivity contribution in [2.24, 2.45) is 10.8 Å². The largest absolute Gasteiger partial charge is 0.375 e. The zero-order valence-electron chi connectivity index (χ0n) is 18.6. The van der Waals surface area contributed by atoms with E-state index in [4.69, 9.17) is 11.2 Å². The van der Waals surface area contributed by atoms with Crippen molar-refractivity contribution < 1.29 is 14.6 Å². The van der Waals surface area contributed by atoms with E-state index in [1.165, 1.54) is 12.2 Å². The number of amides is 1. The minimum atomic E-state index is -0.854. The van der Waals surface area contributed by atoms with Crippen molar-refractivity contribution in [2.75, 3.05) is 6.61 Å². The van der Waals surface area contributed by atoms with Gasteiger partial charge in [-0.15, -0.1) is 12.3 Å². The van der Waals surface area contributed by atoms with Crippen LogP contribution in [0.5, 0.6) is 0 Å². The molecule has 0 saturated carbocycles. The molecule has 0 aliphatic carbocycles. The smallest absolute Gasteiger partial charge is 0.249 e. The first-order chi connectivity index (χ1) is 12.3. The van der Waals surface area contributed by atoms with Gasteiger partial charge in [-0.05, 0) is 64.9 Å². The highest BCUT2D eigenvalue weighted by atomic mass is 16.5. The number of aliphatic hydroxyl groups is 1. The Hall–Kier alpha value is -1.31. The highest BCUT2D eigenvalue weighted by Crippen LogP contribution is 2.45. The summed E-state index contributed by atoms with van der Waals surface area (Å²) in [6.07, 6.45) is 11.0. The Morgan fingerprint density at radius 2 is 1.78 bits per heavy atom. The molecular formula is C23H39NO3. The quantitative estimate of drug-likeness (QED) is 0.569. The van der Waals surface area contributed by atoms with E-state index in [2.05, 4.69) is 47.5 Å². The van der Waals surface area contributed by atoms with E-state index < -0.39 is 11.8 Å². The zero-order chi connectivity index (χ0) is 21.1. The first kappa shape index (κ1) is 23.7. The van der Waals surface area contributed by atoms with E-state index in [9.17, 15) is 9.90 Å². The Balaban J connectivity index is 2.86. The molecule has 0 radical (unpaired) electrons. The van der Waals surface area contributed by atoms with Crippen LogP contribution >= 0.6 is 0 Å². The molecule has 0 aromatic heterocycles. The fourth-order valence-electron chi connectivity index (χ4n) is 4.13. The average molecular weight is 378 g/mol. The fraction of sp³-hybridized carbons (Fsp3) is 0.783. The number of aliphatic hydroxyl groups excluding tert-OH is 1. The fourth-order valence-corrected chi connectivity index (χ4v) is 4.13. The van der Waals surface area contributed by atoms with Crippen molar-refractivity contribution in [3.63, 3.8) is 0 Å². The number of carbonyl (C=O) groups is 1. The van der Waals surface area contributed by atoms with Crippen LogP contribution in [0.15, 0.2) is 12.2 Å². The predicted molar refractivity (Wildman–Crippen MR) is 111 cm³/mol. The van der Waals surface area contributed by atoms with Crippen molar-refractivity contribution in [1.82, 2.24) is 4.90 Å². The van der Waals surface area contributed by atoms with E-state index >= 15 is 0 Å². The molecule has 154 valence electrons. The number of ether oxygens (including phenoxy) is 1. The molecule has 0 bridgehead atoms. The molecule has 0 aromatic carbocycles. The highest BCUT2D eigenvalue weighted by Gasteiger charge is 2.44. The van der Waals surface area contributed by atoms with E-state index in [-0.39, 0.29) is 22.3 Å². The molecule has 4 nitrogen and oxygen atoms in total. The molecule has 1 heterocycles. The normalized spacial score (nSPS) is 22.4. The molecular weight excluding hydrogens is 338 g/mol. The van der Waals surface area contributed by atoms with Crippen molar-refractivity contribution in [2.45, 2.75) is 98.4 Å². The Morgan fingerprint density at radius 3 is 2.19 bits per heavy atom. The third-order valence-electron chi connectivity index (χ3n) is 6.70. The van der Waals surface area contributed by atoms with Crippen LogP contribution in [0.3, 0.4) is 0 Å². The lowest BCUT2D eigenvalue weighted by atomic mass is 9.65. The third kappa shape index (κ3) is 5.15. The highest BCUT2D eigenvalue weighted by molar-refractivity contribution is 5.91. The number of terminal acetylenes is 1. The Kier molecular flexibility index (Phi) is 7.36. The summed E-state index contributed by atoms with van der Waals surface area (Å²) >= 11 is 0. The van der Waals surface area contributed by atoms with Gasteiger partial charge >= 0.3 is 0 Å². The van der Waals surface area contributed by atoms with Gasteiger partial charge in [-0.3, -0.25) is 4.79 Å². The second-order valence-electron chi connectivity index (χ2n) is 9.60. The van der Waals surface area contributed by atoms with Crippen molar-refractivity contribution in [1.29, 1.82) is 0 Å². The molecule has 1 aliphatic heterocycles. The van der Waals surface area contributed by atoms with Crippen LogP contribution in [0, 0.1) is 23.2 Å². The minimum Gasteiger partial charge on any atom is -0.375 e. The van der Waals surface area contributed by atoms with Gasteiger partial charge in [0.05, 0.1) is 5.60 Å². The van der Waals surface area contributed by atoms with Crippen LogP contribution in [0.1, 0.15) is 81.1 Å². The van der Waals surface area contributed by atoms with E-state index in [1.807, 2.05) is 13.8 Å². The number of carbonyl (C=O) groups excluding carboxylic acids is 1. The Bertz CT molecular complexity index is 601. The van der Waals surface area contributed by atoms with Crippen LogP contribution in [-0.4, -0.2) is 39.9 Å². The molecule has 1 amide bonds. The summed E-state index contributed by atoms with van der Waals surface area (Å²) < 4.78 is 6.45. The van der Waals surface area contributed by atoms with E-state index in [0.717, 1.165) is 19.3 Å². The molecule has 0 fully saturated rings. The molecule has 27 heavy (non-hydrogen) atoms. The van der Waals surface area contributed by atoms with Gasteiger partial charge in [-0.2, -0.15) is 0 Å². The molecule has 3 unspecified atom stereocenters. The molecule has 0 aromatic rings. The molecule has 1 aliphatic rings. The second-order valence-corrected chi connectivity index (χ2v) is 9.60. The van der Waals surface area contributed by atoms with Crippen LogP contribution in [0.25, 0.3) is 0 Å². The average Bonchev–Trinajstić information content (AvgIpc) is 2.92. The summed E-state index contributed by atoms with van der Waals surface area (Å²) in [4.78, 5) is 13.7. The monoisotopic (exact) mass is 377 g/mol.